The Morgan fingerprint density at radius 2 is 1.71 bits per heavy atom. The predicted octanol–water partition coefficient (Wildman–Crippen LogP) is 3.25. The van der Waals surface area contributed by atoms with Gasteiger partial charge < -0.3 is 5.73 Å². The second kappa shape index (κ2) is 8.81. The fourth-order valence-corrected chi connectivity index (χ4v) is 2.46. The van der Waals surface area contributed by atoms with Crippen molar-refractivity contribution < 1.29 is 4.39 Å². The first-order valence-electron chi connectivity index (χ1n) is 7.61. The number of halogens is 1. The SMILES string of the molecule is CC(C)CN(Cc1cc(F)cc(C#CCN)c1)CC(C)C. The van der Waals surface area contributed by atoms with E-state index in [0.717, 1.165) is 25.2 Å². The third kappa shape index (κ3) is 7.27. The molecular formula is C18H27FN2. The molecule has 0 amide bonds. The molecule has 0 saturated carbocycles. The van der Waals surface area contributed by atoms with E-state index in [4.69, 9.17) is 5.73 Å². The van der Waals surface area contributed by atoms with Crippen LogP contribution in [0.4, 0.5) is 4.39 Å². The maximum Gasteiger partial charge on any atom is 0.124 e. The molecular weight excluding hydrogens is 263 g/mol. The van der Waals surface area contributed by atoms with Crippen molar-refractivity contribution in [2.45, 2.75) is 34.2 Å². The maximum atomic E-state index is 13.7. The first kappa shape index (κ1) is 17.7. The highest BCUT2D eigenvalue weighted by molar-refractivity contribution is 5.38. The Morgan fingerprint density at radius 3 is 2.24 bits per heavy atom. The average Bonchev–Trinajstić information content (AvgIpc) is 2.33. The van der Waals surface area contributed by atoms with Gasteiger partial charge in [0.25, 0.3) is 0 Å². The Balaban J connectivity index is 2.89. The van der Waals surface area contributed by atoms with Gasteiger partial charge in [0.15, 0.2) is 0 Å². The van der Waals surface area contributed by atoms with Crippen LogP contribution in [0.5, 0.6) is 0 Å². The topological polar surface area (TPSA) is 29.3 Å². The first-order valence-corrected chi connectivity index (χ1v) is 7.61. The molecule has 3 heteroatoms. The van der Waals surface area contributed by atoms with Crippen LogP contribution in [-0.4, -0.2) is 24.5 Å². The minimum atomic E-state index is -0.233. The van der Waals surface area contributed by atoms with Gasteiger partial charge in [-0.2, -0.15) is 0 Å². The van der Waals surface area contributed by atoms with Crippen LogP contribution in [0.1, 0.15) is 38.8 Å². The quantitative estimate of drug-likeness (QED) is 0.815. The van der Waals surface area contributed by atoms with E-state index in [9.17, 15) is 4.39 Å². The van der Waals surface area contributed by atoms with Gasteiger partial charge in [-0.3, -0.25) is 4.90 Å². The largest absolute Gasteiger partial charge is 0.320 e. The molecule has 2 N–H and O–H groups in total. The van der Waals surface area contributed by atoms with Gasteiger partial charge in [0.2, 0.25) is 0 Å². The third-order valence-corrected chi connectivity index (χ3v) is 2.95. The van der Waals surface area contributed by atoms with Crippen molar-refractivity contribution >= 4 is 0 Å². The minimum absolute atomic E-state index is 0.233. The molecule has 0 unspecified atom stereocenters. The zero-order valence-electron chi connectivity index (χ0n) is 13.6. The van der Waals surface area contributed by atoms with Crippen molar-refractivity contribution in [2.75, 3.05) is 19.6 Å². The molecule has 0 aliphatic carbocycles. The lowest BCUT2D eigenvalue weighted by molar-refractivity contribution is 0.211. The van der Waals surface area contributed by atoms with Gasteiger partial charge >= 0.3 is 0 Å². The summed E-state index contributed by atoms with van der Waals surface area (Å²) in [7, 11) is 0. The van der Waals surface area contributed by atoms with E-state index in [1.807, 2.05) is 6.07 Å². The van der Waals surface area contributed by atoms with E-state index in [-0.39, 0.29) is 5.82 Å². The smallest absolute Gasteiger partial charge is 0.124 e. The summed E-state index contributed by atoms with van der Waals surface area (Å²) in [6.07, 6.45) is 0. The van der Waals surface area contributed by atoms with Crippen molar-refractivity contribution in [3.8, 4) is 11.8 Å². The Hall–Kier alpha value is -1.37. The number of benzene rings is 1. The highest BCUT2D eigenvalue weighted by Gasteiger charge is 2.11. The van der Waals surface area contributed by atoms with Crippen LogP contribution in [-0.2, 0) is 6.54 Å². The Labute approximate surface area is 128 Å². The summed E-state index contributed by atoms with van der Waals surface area (Å²) in [6.45, 7) is 11.9. The van der Waals surface area contributed by atoms with Crippen LogP contribution >= 0.6 is 0 Å². The molecule has 0 aliphatic rings. The zero-order valence-corrected chi connectivity index (χ0v) is 13.6. The summed E-state index contributed by atoms with van der Waals surface area (Å²) >= 11 is 0. The highest BCUT2D eigenvalue weighted by Crippen LogP contribution is 2.14. The first-order chi connectivity index (χ1) is 9.90. The van der Waals surface area contributed by atoms with E-state index in [1.54, 1.807) is 6.07 Å². The number of nitrogens with two attached hydrogens (primary N) is 1. The fraction of sp³-hybridized carbons (Fsp3) is 0.556. The minimum Gasteiger partial charge on any atom is -0.320 e. The maximum absolute atomic E-state index is 13.7. The van der Waals surface area contributed by atoms with Crippen LogP contribution in [0.2, 0.25) is 0 Å². The zero-order chi connectivity index (χ0) is 15.8. The fourth-order valence-electron chi connectivity index (χ4n) is 2.46. The molecule has 21 heavy (non-hydrogen) atoms. The van der Waals surface area contributed by atoms with Crippen molar-refractivity contribution in [1.82, 2.24) is 4.90 Å². The second-order valence-corrected chi connectivity index (χ2v) is 6.34. The molecule has 0 spiro atoms. The Morgan fingerprint density at radius 1 is 1.10 bits per heavy atom. The van der Waals surface area contributed by atoms with Crippen LogP contribution in [0.25, 0.3) is 0 Å². The molecule has 0 fully saturated rings. The van der Waals surface area contributed by atoms with Crippen LogP contribution < -0.4 is 5.73 Å². The lowest BCUT2D eigenvalue weighted by atomic mass is 10.1. The molecule has 0 heterocycles. The second-order valence-electron chi connectivity index (χ2n) is 6.34. The molecule has 1 aromatic rings. The summed E-state index contributed by atoms with van der Waals surface area (Å²) in [4.78, 5) is 2.38. The number of rotatable bonds is 6. The van der Waals surface area contributed by atoms with Crippen LogP contribution in [0.15, 0.2) is 18.2 Å². The molecule has 116 valence electrons. The normalized spacial score (nSPS) is 11.1. The van der Waals surface area contributed by atoms with E-state index in [1.165, 1.54) is 6.07 Å². The lowest BCUT2D eigenvalue weighted by Gasteiger charge is -2.26. The van der Waals surface area contributed by atoms with Gasteiger partial charge in [-0.1, -0.05) is 39.5 Å². The van der Waals surface area contributed by atoms with Gasteiger partial charge in [-0.15, -0.1) is 0 Å². The van der Waals surface area contributed by atoms with Gasteiger partial charge in [-0.05, 0) is 35.6 Å². The van der Waals surface area contributed by atoms with E-state index in [0.29, 0.717) is 23.9 Å². The van der Waals surface area contributed by atoms with Gasteiger partial charge in [0.1, 0.15) is 5.82 Å². The number of nitrogens with zero attached hydrogens (tertiary/aromatic N) is 1. The van der Waals surface area contributed by atoms with Crippen molar-refractivity contribution in [2.24, 2.45) is 17.6 Å². The monoisotopic (exact) mass is 290 g/mol. The lowest BCUT2D eigenvalue weighted by Crippen LogP contribution is -2.31. The average molecular weight is 290 g/mol. The molecule has 0 atom stereocenters. The summed E-state index contributed by atoms with van der Waals surface area (Å²) in [5.74, 6) is 6.63. The molecule has 0 saturated heterocycles. The number of hydrogen-bond donors (Lipinski definition) is 1. The molecule has 1 rings (SSSR count). The standard InChI is InChI=1S/C18H27FN2/c1-14(2)11-21(12-15(3)4)13-17-8-16(6-5-7-20)9-18(19)10-17/h8-10,14-15H,7,11-13,20H2,1-4H3. The summed E-state index contributed by atoms with van der Waals surface area (Å²) < 4.78 is 13.7. The molecule has 0 aromatic heterocycles. The van der Waals surface area contributed by atoms with Gasteiger partial charge in [0, 0.05) is 25.2 Å². The molecule has 0 bridgehead atoms. The molecule has 2 nitrogen and oxygen atoms in total. The Kier molecular flexibility index (Phi) is 7.42. The van der Waals surface area contributed by atoms with Crippen LogP contribution in [0, 0.1) is 29.5 Å². The van der Waals surface area contributed by atoms with E-state index < -0.39 is 0 Å². The van der Waals surface area contributed by atoms with Crippen molar-refractivity contribution in [1.29, 1.82) is 0 Å². The molecule has 0 aliphatic heterocycles. The van der Waals surface area contributed by atoms with E-state index in [2.05, 4.69) is 44.4 Å². The number of hydrogen-bond acceptors (Lipinski definition) is 2. The predicted molar refractivity (Wildman–Crippen MR) is 87.3 cm³/mol. The van der Waals surface area contributed by atoms with E-state index >= 15 is 0 Å². The summed E-state index contributed by atoms with van der Waals surface area (Å²) in [6, 6.07) is 5.02. The third-order valence-electron chi connectivity index (χ3n) is 2.95. The molecule has 1 aromatic carbocycles. The van der Waals surface area contributed by atoms with Crippen molar-refractivity contribution in [3.63, 3.8) is 0 Å². The molecule has 0 radical (unpaired) electrons. The van der Waals surface area contributed by atoms with Gasteiger partial charge in [-0.25, -0.2) is 4.39 Å². The van der Waals surface area contributed by atoms with Crippen LogP contribution in [0.3, 0.4) is 0 Å². The Bertz CT molecular complexity index is 488. The van der Waals surface area contributed by atoms with Crippen molar-refractivity contribution in [3.05, 3.63) is 35.1 Å². The highest BCUT2D eigenvalue weighted by atomic mass is 19.1. The van der Waals surface area contributed by atoms with Gasteiger partial charge in [0.05, 0.1) is 6.54 Å². The summed E-state index contributed by atoms with van der Waals surface area (Å²) in [5.41, 5.74) is 7.04. The summed E-state index contributed by atoms with van der Waals surface area (Å²) in [5, 5.41) is 0.